The Kier molecular flexibility index (Phi) is 14.1. The summed E-state index contributed by atoms with van der Waals surface area (Å²) in [6, 6.07) is 35.6. The molecule has 1 amide bonds. The van der Waals surface area contributed by atoms with E-state index in [1.807, 2.05) is 60.7 Å². The largest absolute Gasteiger partial charge is 0.496 e. The molecule has 0 radical (unpaired) electrons. The van der Waals surface area contributed by atoms with Crippen molar-refractivity contribution in [2.45, 2.75) is 135 Å². The highest BCUT2D eigenvalue weighted by molar-refractivity contribution is 7.14. The number of esters is 2. The molecule has 3 aliphatic carbocycles. The summed E-state index contributed by atoms with van der Waals surface area (Å²) in [5.74, 6) is -1.74. The minimum atomic E-state index is -1.62. The van der Waals surface area contributed by atoms with Crippen molar-refractivity contribution < 1.29 is 42.7 Å². The van der Waals surface area contributed by atoms with Crippen LogP contribution in [-0.4, -0.2) is 77.2 Å². The van der Waals surface area contributed by atoms with E-state index in [0.29, 0.717) is 22.4 Å². The third-order valence-electron chi connectivity index (χ3n) is 14.1. The Bertz CT molecular complexity index is 2660. The first-order valence-corrected chi connectivity index (χ1v) is 25.3. The third-order valence-corrected chi connectivity index (χ3v) is 14.9. The van der Waals surface area contributed by atoms with Gasteiger partial charge in [0, 0.05) is 5.38 Å². The number of thiazole rings is 1. The molecule has 4 unspecified atom stereocenters. The molecule has 3 saturated carbocycles. The Balaban J connectivity index is 1.20. The highest BCUT2D eigenvalue weighted by atomic mass is 32.1. The van der Waals surface area contributed by atoms with Crippen molar-refractivity contribution in [3.63, 3.8) is 0 Å². The summed E-state index contributed by atoms with van der Waals surface area (Å²) in [5.41, 5.74) is -0.985. The summed E-state index contributed by atoms with van der Waals surface area (Å²) in [5, 5.41) is 13.7. The number of carbonyl (C=O) groups is 3. The second kappa shape index (κ2) is 19.5. The van der Waals surface area contributed by atoms with Crippen LogP contribution in [0.5, 0.6) is 5.75 Å². The molecule has 2 bridgehead atoms. The number of benzene rings is 4. The Labute approximate surface area is 422 Å². The van der Waals surface area contributed by atoms with Crippen molar-refractivity contribution in [1.82, 2.24) is 10.3 Å². The number of aromatic nitrogens is 1. The Hall–Kier alpha value is -6.03. The standard InChI is InChI=1S/C56H67BN4O9S/c1-51(2,3)66-48(63)40-30-22-23-35(46(40)65-12)31-44(57-68-43-33-39-32-42(53(39,7)8)55(43,11)69-57)59-47(62)45(61-70-54(9,10)49(64)67-52(4,5)6)41-34-71-50(58-41)60-56(36-24-16-13-17-25-36,37-26-18-14-19-27-37)38-28-20-15-21-29-38/h13-30,34,39,42-44H,31-33H2,1-12H3,(H,58,60)(H,59,62)/t39?,42?,43?,44-,55?/m0/s1. The van der Waals surface area contributed by atoms with E-state index in [1.54, 1.807) is 59.1 Å². The van der Waals surface area contributed by atoms with E-state index in [0.717, 1.165) is 29.5 Å². The monoisotopic (exact) mass is 982 g/mol. The molecule has 13 nitrogen and oxygen atoms in total. The van der Waals surface area contributed by atoms with Gasteiger partial charge in [0.05, 0.1) is 24.8 Å². The maximum atomic E-state index is 15.3. The fraction of sp³-hybridized carbons (Fsp3) is 0.446. The first-order valence-electron chi connectivity index (χ1n) is 24.4. The summed E-state index contributed by atoms with van der Waals surface area (Å²) < 4.78 is 31.3. The normalized spacial score (nSPS) is 21.3. The van der Waals surface area contributed by atoms with Gasteiger partial charge in [-0.15, -0.1) is 11.3 Å². The second-order valence-corrected chi connectivity index (χ2v) is 23.0. The molecule has 2 N–H and O–H groups in total. The lowest BCUT2D eigenvalue weighted by Crippen LogP contribution is -2.65. The zero-order valence-electron chi connectivity index (χ0n) is 43.0. The fourth-order valence-electron chi connectivity index (χ4n) is 10.4. The average molecular weight is 983 g/mol. The molecule has 5 atom stereocenters. The van der Waals surface area contributed by atoms with Crippen LogP contribution in [-0.2, 0) is 45.2 Å². The number of amides is 1. The Morgan fingerprint density at radius 1 is 0.803 bits per heavy atom. The smallest absolute Gasteiger partial charge is 0.482 e. The van der Waals surface area contributed by atoms with E-state index in [-0.39, 0.29) is 40.8 Å². The first-order chi connectivity index (χ1) is 33.4. The zero-order valence-corrected chi connectivity index (χ0v) is 43.8. The first kappa shape index (κ1) is 51.3. The molecule has 71 heavy (non-hydrogen) atoms. The van der Waals surface area contributed by atoms with Crippen molar-refractivity contribution in [2.75, 3.05) is 12.4 Å². The number of anilines is 1. The number of methoxy groups -OCH3 is 1. The van der Waals surface area contributed by atoms with Crippen LogP contribution in [0.3, 0.4) is 0 Å². The van der Waals surface area contributed by atoms with E-state index in [2.05, 4.69) is 73.0 Å². The molecule has 4 aliphatic rings. The number of hydrogen-bond acceptors (Lipinski definition) is 13. The van der Waals surface area contributed by atoms with Gasteiger partial charge < -0.3 is 39.0 Å². The number of para-hydroxylation sites is 1. The molecular weight excluding hydrogens is 916 g/mol. The average Bonchev–Trinajstić information content (AvgIpc) is 3.94. The van der Waals surface area contributed by atoms with Crippen molar-refractivity contribution in [1.29, 1.82) is 0 Å². The van der Waals surface area contributed by atoms with E-state index in [1.165, 1.54) is 32.3 Å². The quantitative estimate of drug-likeness (QED) is 0.0319. The molecule has 15 heteroatoms. The van der Waals surface area contributed by atoms with Crippen molar-refractivity contribution in [3.8, 4) is 5.75 Å². The van der Waals surface area contributed by atoms with Crippen LogP contribution in [0.25, 0.3) is 0 Å². The summed E-state index contributed by atoms with van der Waals surface area (Å²) >= 11 is 1.29. The van der Waals surface area contributed by atoms with Gasteiger partial charge in [-0.2, -0.15) is 0 Å². The van der Waals surface area contributed by atoms with Gasteiger partial charge in [0.1, 0.15) is 33.7 Å². The van der Waals surface area contributed by atoms with E-state index in [4.69, 9.17) is 33.3 Å². The fourth-order valence-corrected chi connectivity index (χ4v) is 11.2. The SMILES string of the molecule is COc1c(C[C@H](NC(=O)C(=NOC(C)(C)C(=O)OC(C)(C)C)c2csc(NC(c3ccccc3)(c3ccccc3)c3ccccc3)n2)B2OC3CC4CC(C4(C)C)C3(C)O2)cccc1C(=O)OC(C)(C)C. The lowest BCUT2D eigenvalue weighted by atomic mass is 9.43. The van der Waals surface area contributed by atoms with Crippen LogP contribution < -0.4 is 15.4 Å². The molecule has 2 heterocycles. The molecule has 1 aromatic heterocycles. The van der Waals surface area contributed by atoms with Gasteiger partial charge in [0.15, 0.2) is 10.8 Å². The maximum Gasteiger partial charge on any atom is 0.482 e. The topological polar surface area (TPSA) is 156 Å². The molecule has 1 aliphatic heterocycles. The van der Waals surface area contributed by atoms with E-state index in [9.17, 15) is 9.59 Å². The summed E-state index contributed by atoms with van der Waals surface area (Å²) in [6.45, 7) is 20.5. The van der Waals surface area contributed by atoms with Gasteiger partial charge in [0.2, 0.25) is 5.60 Å². The molecular formula is C56H67BN4O9S. The van der Waals surface area contributed by atoms with Gasteiger partial charge in [-0.25, -0.2) is 14.6 Å². The van der Waals surface area contributed by atoms with Crippen LogP contribution >= 0.6 is 11.3 Å². The van der Waals surface area contributed by atoms with E-state index >= 15 is 4.79 Å². The van der Waals surface area contributed by atoms with Crippen LogP contribution in [0, 0.1) is 17.3 Å². The number of hydrogen-bond donors (Lipinski definition) is 2. The Morgan fingerprint density at radius 2 is 1.38 bits per heavy atom. The number of nitrogens with one attached hydrogen (secondary N) is 2. The molecule has 4 aromatic carbocycles. The predicted octanol–water partition coefficient (Wildman–Crippen LogP) is 10.3. The van der Waals surface area contributed by atoms with E-state index < -0.39 is 58.8 Å². The number of rotatable bonds is 16. The van der Waals surface area contributed by atoms with Gasteiger partial charge in [0.25, 0.3) is 5.91 Å². The number of ether oxygens (including phenoxy) is 3. The number of oxime groups is 1. The minimum absolute atomic E-state index is 0.0564. The van der Waals surface area contributed by atoms with Crippen LogP contribution in [0.2, 0.25) is 0 Å². The highest BCUT2D eigenvalue weighted by Gasteiger charge is 2.68. The van der Waals surface area contributed by atoms with Crippen molar-refractivity contribution in [3.05, 3.63) is 148 Å². The lowest BCUT2D eigenvalue weighted by molar-refractivity contribution is -0.199. The van der Waals surface area contributed by atoms with Crippen molar-refractivity contribution in [2.24, 2.45) is 22.4 Å². The minimum Gasteiger partial charge on any atom is -0.496 e. The zero-order chi connectivity index (χ0) is 51.1. The maximum absolute atomic E-state index is 15.3. The van der Waals surface area contributed by atoms with Crippen LogP contribution in [0.4, 0.5) is 5.13 Å². The molecule has 9 rings (SSSR count). The second-order valence-electron chi connectivity index (χ2n) is 22.2. The number of carbonyl (C=O) groups excluding carboxylic acids is 3. The van der Waals surface area contributed by atoms with Crippen LogP contribution in [0.15, 0.2) is 120 Å². The van der Waals surface area contributed by atoms with Gasteiger partial charge in [-0.3, -0.25) is 4.79 Å². The molecule has 4 fully saturated rings. The lowest BCUT2D eigenvalue weighted by Gasteiger charge is -2.64. The molecule has 1 saturated heterocycles. The van der Waals surface area contributed by atoms with Gasteiger partial charge in [-0.1, -0.05) is 122 Å². The summed E-state index contributed by atoms with van der Waals surface area (Å²) in [4.78, 5) is 53.5. The van der Waals surface area contributed by atoms with Crippen molar-refractivity contribution >= 4 is 47.1 Å². The molecule has 0 spiro atoms. The summed E-state index contributed by atoms with van der Waals surface area (Å²) in [6.07, 6.45) is 1.75. The molecule has 5 aromatic rings. The van der Waals surface area contributed by atoms with Crippen LogP contribution in [0.1, 0.15) is 127 Å². The van der Waals surface area contributed by atoms with Gasteiger partial charge in [-0.05, 0) is 127 Å². The van der Waals surface area contributed by atoms with Gasteiger partial charge >= 0.3 is 19.1 Å². The number of nitrogens with zero attached hydrogens (tertiary/aromatic N) is 2. The summed E-state index contributed by atoms with van der Waals surface area (Å²) in [7, 11) is 0.577. The highest BCUT2D eigenvalue weighted by Crippen LogP contribution is 2.66. The molecule has 374 valence electrons. The Morgan fingerprint density at radius 3 is 1.92 bits per heavy atom. The predicted molar refractivity (Wildman–Crippen MR) is 276 cm³/mol. The third kappa shape index (κ3) is 10.5.